The monoisotopic (exact) mass is 525 g/mol. The lowest BCUT2D eigenvalue weighted by Gasteiger charge is -2.23. The highest BCUT2D eigenvalue weighted by Crippen LogP contribution is 2.40. The summed E-state index contributed by atoms with van der Waals surface area (Å²) in [7, 11) is 0. The van der Waals surface area contributed by atoms with Gasteiger partial charge in [0.1, 0.15) is 11.8 Å². The van der Waals surface area contributed by atoms with Gasteiger partial charge in [0.15, 0.2) is 0 Å². The van der Waals surface area contributed by atoms with Gasteiger partial charge in [-0.2, -0.15) is 23.1 Å². The molecule has 0 aliphatic carbocycles. The third-order valence-corrected chi connectivity index (χ3v) is 5.37. The van der Waals surface area contributed by atoms with Crippen LogP contribution in [-0.4, -0.2) is 38.2 Å². The van der Waals surface area contributed by atoms with Crippen LogP contribution in [-0.2, 0) is 11.2 Å². The molecule has 3 aromatic carbocycles. The number of alkyl halides is 3. The number of nitrogens with two attached hydrogens (primary N) is 2. The number of carboxylic acid groups (broad SMARTS) is 1. The van der Waals surface area contributed by atoms with Crippen LogP contribution in [0.3, 0.4) is 0 Å². The van der Waals surface area contributed by atoms with Crippen LogP contribution < -0.4 is 20.9 Å². The molecule has 4 rings (SSSR count). The van der Waals surface area contributed by atoms with E-state index in [0.717, 1.165) is 0 Å². The quantitative estimate of drug-likeness (QED) is 0.286. The maximum absolute atomic E-state index is 14.2. The predicted octanol–water partition coefficient (Wildman–Crippen LogP) is 4.55. The Hall–Kier alpha value is -4.71. The van der Waals surface area contributed by atoms with Gasteiger partial charge in [-0.1, -0.05) is 66.7 Å². The first-order valence-electron chi connectivity index (χ1n) is 11.2. The number of aromatic nitrogens is 3. The van der Waals surface area contributed by atoms with E-state index in [1.807, 2.05) is 0 Å². The van der Waals surface area contributed by atoms with Gasteiger partial charge < -0.3 is 26.0 Å². The molecule has 0 saturated heterocycles. The Kier molecular flexibility index (Phi) is 7.72. The van der Waals surface area contributed by atoms with Crippen molar-refractivity contribution >= 4 is 11.9 Å². The summed E-state index contributed by atoms with van der Waals surface area (Å²) in [4.78, 5) is 22.3. The fraction of sp³-hybridized carbons (Fsp3) is 0.154. The number of carbonyl (C=O) groups is 1. The summed E-state index contributed by atoms with van der Waals surface area (Å²) < 4.78 is 53.4. The average molecular weight is 525 g/mol. The number of ether oxygens (including phenoxy) is 2. The average Bonchev–Trinajstić information content (AvgIpc) is 2.88. The summed E-state index contributed by atoms with van der Waals surface area (Å²) in [5.74, 6) is -1.33. The molecule has 1 heterocycles. The van der Waals surface area contributed by atoms with Crippen molar-refractivity contribution in [3.63, 3.8) is 0 Å². The Balaban J connectivity index is 1.59. The zero-order valence-electron chi connectivity index (χ0n) is 19.7. The van der Waals surface area contributed by atoms with Gasteiger partial charge >= 0.3 is 24.2 Å². The van der Waals surface area contributed by atoms with E-state index < -0.39 is 36.3 Å². The van der Waals surface area contributed by atoms with E-state index in [1.54, 1.807) is 54.6 Å². The summed E-state index contributed by atoms with van der Waals surface area (Å²) in [6, 6.07) is 18.6. The molecule has 0 amide bonds. The van der Waals surface area contributed by atoms with Crippen LogP contribution in [0.25, 0.3) is 11.1 Å². The first-order valence-corrected chi connectivity index (χ1v) is 11.2. The second-order valence-corrected chi connectivity index (χ2v) is 8.15. The first kappa shape index (κ1) is 26.4. The SMILES string of the molecule is Nc1nc(Oc2ccc(C[C@H](N)C(=O)O)cc2)nc(O[C@H](c2ccccc2-c2ccccc2)C(F)(F)F)n1. The molecule has 0 bridgehead atoms. The van der Waals surface area contributed by atoms with Crippen LogP contribution in [0.1, 0.15) is 17.2 Å². The number of anilines is 1. The Labute approximate surface area is 214 Å². The third kappa shape index (κ3) is 6.53. The van der Waals surface area contributed by atoms with Crippen LogP contribution in [0.15, 0.2) is 78.9 Å². The number of carboxylic acids is 1. The van der Waals surface area contributed by atoms with Gasteiger partial charge in [-0.25, -0.2) is 0 Å². The van der Waals surface area contributed by atoms with E-state index in [1.165, 1.54) is 24.3 Å². The number of aliphatic carboxylic acids is 1. The number of nitrogens with zero attached hydrogens (tertiary/aromatic N) is 3. The van der Waals surface area contributed by atoms with Crippen LogP contribution in [0.4, 0.5) is 19.1 Å². The van der Waals surface area contributed by atoms with Crippen LogP contribution in [0, 0.1) is 0 Å². The fourth-order valence-electron chi connectivity index (χ4n) is 3.61. The van der Waals surface area contributed by atoms with Crippen LogP contribution >= 0.6 is 0 Å². The van der Waals surface area contributed by atoms with Crippen molar-refractivity contribution < 1.29 is 32.5 Å². The van der Waals surface area contributed by atoms with Gasteiger partial charge in [0, 0.05) is 5.56 Å². The lowest BCUT2D eigenvalue weighted by atomic mass is 9.96. The number of benzene rings is 3. The summed E-state index contributed by atoms with van der Waals surface area (Å²) in [5, 5.41) is 8.94. The zero-order chi connectivity index (χ0) is 27.3. The molecule has 0 aliphatic rings. The minimum Gasteiger partial charge on any atom is -0.480 e. The van der Waals surface area contributed by atoms with Crippen LogP contribution in [0.5, 0.6) is 17.8 Å². The Morgan fingerprint density at radius 1 is 0.895 bits per heavy atom. The molecular formula is C26H22F3N5O4. The summed E-state index contributed by atoms with van der Waals surface area (Å²) >= 11 is 0. The summed E-state index contributed by atoms with van der Waals surface area (Å²) in [6.45, 7) is 0. The van der Waals surface area contributed by atoms with E-state index in [9.17, 15) is 18.0 Å². The molecule has 38 heavy (non-hydrogen) atoms. The minimum absolute atomic E-state index is 0.0929. The van der Waals surface area contributed by atoms with Gasteiger partial charge in [-0.15, -0.1) is 4.98 Å². The largest absolute Gasteiger partial charge is 0.480 e. The van der Waals surface area contributed by atoms with Crippen molar-refractivity contribution in [1.82, 2.24) is 15.0 Å². The number of nitrogen functional groups attached to an aromatic ring is 1. The number of hydrogen-bond donors (Lipinski definition) is 3. The van der Waals surface area contributed by atoms with Gasteiger partial charge in [0.05, 0.1) is 0 Å². The standard InChI is InChI=1S/C26H22F3N5O4/c27-26(28,29)21(19-9-5-4-8-18(19)16-6-2-1-3-7-16)38-25-33-23(31)32-24(34-25)37-17-12-10-15(11-13-17)14-20(30)22(35)36/h1-13,20-21H,14,30H2,(H,35,36)(H2,31,32,33,34)/t20-,21+/m0/s1. The highest BCUT2D eigenvalue weighted by molar-refractivity contribution is 5.73. The second kappa shape index (κ2) is 11.1. The van der Waals surface area contributed by atoms with E-state index in [-0.39, 0.29) is 23.7 Å². The number of halogens is 3. The highest BCUT2D eigenvalue weighted by Gasteiger charge is 2.45. The maximum atomic E-state index is 14.2. The summed E-state index contributed by atoms with van der Waals surface area (Å²) in [6.07, 6.45) is -7.14. The fourth-order valence-corrected chi connectivity index (χ4v) is 3.61. The molecular weight excluding hydrogens is 503 g/mol. The molecule has 196 valence electrons. The maximum Gasteiger partial charge on any atom is 0.429 e. The Bertz CT molecular complexity index is 1400. The molecule has 2 atom stereocenters. The van der Waals surface area contributed by atoms with Gasteiger partial charge in [0.25, 0.3) is 0 Å². The first-order chi connectivity index (χ1) is 18.1. The lowest BCUT2D eigenvalue weighted by molar-refractivity contribution is -0.199. The molecule has 0 saturated carbocycles. The highest BCUT2D eigenvalue weighted by atomic mass is 19.4. The lowest BCUT2D eigenvalue weighted by Crippen LogP contribution is -2.32. The normalized spacial score (nSPS) is 12.9. The van der Waals surface area contributed by atoms with E-state index in [2.05, 4.69) is 15.0 Å². The topological polar surface area (TPSA) is 146 Å². The number of rotatable bonds is 9. The number of hydrogen-bond acceptors (Lipinski definition) is 8. The smallest absolute Gasteiger partial charge is 0.429 e. The van der Waals surface area contributed by atoms with Crippen molar-refractivity contribution in [1.29, 1.82) is 0 Å². The molecule has 1 aromatic heterocycles. The molecule has 5 N–H and O–H groups in total. The van der Waals surface area contributed by atoms with Crippen LogP contribution in [0.2, 0.25) is 0 Å². The van der Waals surface area contributed by atoms with E-state index >= 15 is 0 Å². The molecule has 0 aliphatic heterocycles. The third-order valence-electron chi connectivity index (χ3n) is 5.37. The predicted molar refractivity (Wildman–Crippen MR) is 131 cm³/mol. The van der Waals surface area contributed by atoms with Crippen molar-refractivity contribution in [2.45, 2.75) is 24.7 Å². The molecule has 0 spiro atoms. The van der Waals surface area contributed by atoms with Crippen molar-refractivity contribution in [2.24, 2.45) is 5.73 Å². The Morgan fingerprint density at radius 3 is 2.18 bits per heavy atom. The van der Waals surface area contributed by atoms with Gasteiger partial charge in [-0.3, -0.25) is 4.79 Å². The summed E-state index contributed by atoms with van der Waals surface area (Å²) in [5.41, 5.74) is 12.6. The molecule has 0 radical (unpaired) electrons. The van der Waals surface area contributed by atoms with Gasteiger partial charge in [0.2, 0.25) is 12.1 Å². The molecule has 4 aromatic rings. The zero-order valence-corrected chi connectivity index (χ0v) is 19.7. The van der Waals surface area contributed by atoms with E-state index in [4.69, 9.17) is 26.0 Å². The minimum atomic E-state index is -4.82. The van der Waals surface area contributed by atoms with Gasteiger partial charge in [-0.05, 0) is 35.2 Å². The molecule has 0 unspecified atom stereocenters. The molecule has 0 fully saturated rings. The van der Waals surface area contributed by atoms with Crippen molar-refractivity contribution in [3.05, 3.63) is 90.0 Å². The van der Waals surface area contributed by atoms with E-state index in [0.29, 0.717) is 16.7 Å². The molecule has 12 heteroatoms. The molecule has 9 nitrogen and oxygen atoms in total. The van der Waals surface area contributed by atoms with Crippen molar-refractivity contribution in [2.75, 3.05) is 5.73 Å². The Morgan fingerprint density at radius 2 is 1.53 bits per heavy atom. The second-order valence-electron chi connectivity index (χ2n) is 8.15. The van der Waals surface area contributed by atoms with Crippen molar-refractivity contribution in [3.8, 4) is 28.9 Å².